The molecule has 9 rings (SSSR count). The van der Waals surface area contributed by atoms with Gasteiger partial charge in [0, 0.05) is 65.9 Å². The third kappa shape index (κ3) is 3.72. The van der Waals surface area contributed by atoms with Crippen molar-refractivity contribution in [2.45, 2.75) is 6.18 Å². The first-order valence-electron chi connectivity index (χ1n) is 14.2. The van der Waals surface area contributed by atoms with Crippen LogP contribution in [0.4, 0.5) is 13.2 Å². The molecule has 2 aliphatic rings. The van der Waals surface area contributed by atoms with Gasteiger partial charge in [-0.3, -0.25) is 0 Å². The Hall–Kier alpha value is -5.69. The predicted molar refractivity (Wildman–Crippen MR) is 170 cm³/mol. The highest BCUT2D eigenvalue weighted by molar-refractivity contribution is 6.10. The van der Waals surface area contributed by atoms with Gasteiger partial charge >= 0.3 is 6.18 Å². The monoisotopic (exact) mass is 578 g/mol. The van der Waals surface area contributed by atoms with Crippen molar-refractivity contribution in [2.24, 2.45) is 0 Å². The highest BCUT2D eigenvalue weighted by atomic mass is 19.4. The standard InChI is InChI=1S/C37H21F3N4/c38-37(39,40)20-13-14-27-28(15-20)36-19-34-26-12-6-5-11-25(26)32(43-34)17-30-22-8-2-1-7-21(22)29(41-30)16-31-23-9-3-4-10-24(23)33(42-31)18-35(27)44-36/h1-19,41,44H. The molecule has 5 heterocycles. The Morgan fingerprint density at radius 2 is 0.773 bits per heavy atom. The van der Waals surface area contributed by atoms with E-state index < -0.39 is 11.7 Å². The fraction of sp³-hybridized carbons (Fsp3) is 0.0270. The molecule has 0 saturated heterocycles. The molecule has 2 aliphatic heterocycles. The molecule has 2 N–H and O–H groups in total. The quantitative estimate of drug-likeness (QED) is 0.188. The van der Waals surface area contributed by atoms with Gasteiger partial charge in [-0.1, -0.05) is 78.9 Å². The van der Waals surface area contributed by atoms with Crippen molar-refractivity contribution in [2.75, 3.05) is 0 Å². The normalized spacial score (nSPS) is 12.4. The van der Waals surface area contributed by atoms with E-state index in [0.717, 1.165) is 67.2 Å². The average molecular weight is 579 g/mol. The zero-order chi connectivity index (χ0) is 29.6. The number of hydrogen-bond acceptors (Lipinski definition) is 2. The molecular weight excluding hydrogens is 557 g/mol. The zero-order valence-corrected chi connectivity index (χ0v) is 23.0. The van der Waals surface area contributed by atoms with E-state index in [1.54, 1.807) is 0 Å². The lowest BCUT2D eigenvalue weighted by Gasteiger charge is -2.06. The molecule has 0 saturated carbocycles. The van der Waals surface area contributed by atoms with E-state index in [9.17, 15) is 13.2 Å². The van der Waals surface area contributed by atoms with Crippen molar-refractivity contribution in [3.8, 4) is 45.0 Å². The molecule has 7 aromatic rings. The molecule has 4 nitrogen and oxygen atoms in total. The first kappa shape index (κ1) is 24.9. The van der Waals surface area contributed by atoms with Crippen LogP contribution in [0, 0.1) is 0 Å². The van der Waals surface area contributed by atoms with E-state index in [2.05, 4.69) is 28.2 Å². The lowest BCUT2D eigenvalue weighted by atomic mass is 10.0. The molecule has 0 unspecified atom stereocenters. The fourth-order valence-electron chi connectivity index (χ4n) is 6.49. The minimum absolute atomic E-state index is 0.468. The molecule has 210 valence electrons. The number of halogens is 3. The summed E-state index contributed by atoms with van der Waals surface area (Å²) < 4.78 is 41.6. The molecule has 0 fully saturated rings. The second-order valence-electron chi connectivity index (χ2n) is 11.1. The highest BCUT2D eigenvalue weighted by Gasteiger charge is 2.31. The molecule has 3 aromatic heterocycles. The Morgan fingerprint density at radius 1 is 0.409 bits per heavy atom. The largest absolute Gasteiger partial charge is 0.416 e. The Kier molecular flexibility index (Phi) is 5.03. The lowest BCUT2D eigenvalue weighted by molar-refractivity contribution is -0.137. The number of rotatable bonds is 0. The summed E-state index contributed by atoms with van der Waals surface area (Å²) in [7, 11) is 0. The molecule has 0 aliphatic carbocycles. The van der Waals surface area contributed by atoms with Gasteiger partial charge in [-0.25, -0.2) is 9.97 Å². The number of aromatic nitrogens is 4. The van der Waals surface area contributed by atoms with Gasteiger partial charge in [-0.15, -0.1) is 0 Å². The van der Waals surface area contributed by atoms with Crippen LogP contribution in [-0.2, 0) is 6.18 Å². The fourth-order valence-corrected chi connectivity index (χ4v) is 6.49. The van der Waals surface area contributed by atoms with Gasteiger partial charge in [0.2, 0.25) is 0 Å². The topological polar surface area (TPSA) is 57.4 Å². The van der Waals surface area contributed by atoms with Crippen LogP contribution in [0.3, 0.4) is 0 Å². The van der Waals surface area contributed by atoms with Crippen LogP contribution in [0.1, 0.15) is 5.56 Å². The van der Waals surface area contributed by atoms with Gasteiger partial charge in [0.25, 0.3) is 0 Å². The Labute approximate surface area is 248 Å². The second kappa shape index (κ2) is 8.91. The van der Waals surface area contributed by atoms with Gasteiger partial charge < -0.3 is 9.97 Å². The number of hydrogen-bond donors (Lipinski definition) is 2. The number of H-pyrrole nitrogens is 2. The molecule has 0 radical (unpaired) electrons. The minimum atomic E-state index is -4.47. The van der Waals surface area contributed by atoms with E-state index in [1.165, 1.54) is 12.1 Å². The molecule has 8 bridgehead atoms. The number of fused-ring (bicyclic) bond motifs is 20. The summed E-state index contributed by atoms with van der Waals surface area (Å²) in [5, 5.41) is 3.27. The van der Waals surface area contributed by atoms with E-state index in [-0.39, 0.29) is 0 Å². The maximum Gasteiger partial charge on any atom is 0.416 e. The van der Waals surface area contributed by atoms with Crippen LogP contribution in [0.5, 0.6) is 0 Å². The van der Waals surface area contributed by atoms with E-state index in [0.29, 0.717) is 27.5 Å². The molecule has 0 amide bonds. The average Bonchev–Trinajstić information content (AvgIpc) is 3.76. The van der Waals surface area contributed by atoms with E-state index in [1.807, 2.05) is 78.9 Å². The van der Waals surface area contributed by atoms with Gasteiger partial charge in [0.05, 0.1) is 28.3 Å². The van der Waals surface area contributed by atoms with E-state index >= 15 is 0 Å². The maximum absolute atomic E-state index is 13.9. The van der Waals surface area contributed by atoms with Gasteiger partial charge in [0.1, 0.15) is 0 Å². The lowest BCUT2D eigenvalue weighted by Crippen LogP contribution is -2.03. The molecule has 7 heteroatoms. The maximum atomic E-state index is 13.9. The van der Waals surface area contributed by atoms with Crippen LogP contribution in [0.2, 0.25) is 0 Å². The van der Waals surface area contributed by atoms with Crippen molar-refractivity contribution in [3.05, 3.63) is 121 Å². The number of nitrogens with one attached hydrogen (secondary N) is 2. The van der Waals surface area contributed by atoms with Gasteiger partial charge in [-0.2, -0.15) is 13.2 Å². The molecule has 0 spiro atoms. The SMILES string of the molecule is FC(F)(F)c1ccc2c3cc4nc(cc5[nH]c(cc6nc(cc([nH]3)c2c1)-c1ccccc1-6)c1ccccc51)-c1ccccc1-4. The van der Waals surface area contributed by atoms with Crippen LogP contribution in [0.25, 0.3) is 88.6 Å². The Bertz CT molecular complexity index is 2500. The van der Waals surface area contributed by atoms with Crippen LogP contribution < -0.4 is 0 Å². The second-order valence-corrected chi connectivity index (χ2v) is 11.1. The number of nitrogens with zero attached hydrogens (tertiary/aromatic N) is 2. The molecule has 0 atom stereocenters. The Balaban J connectivity index is 1.49. The summed E-state index contributed by atoms with van der Waals surface area (Å²) in [4.78, 5) is 17.1. The summed E-state index contributed by atoms with van der Waals surface area (Å²) in [6.45, 7) is 0. The van der Waals surface area contributed by atoms with Gasteiger partial charge in [-0.05, 0) is 36.4 Å². The zero-order valence-electron chi connectivity index (χ0n) is 23.0. The van der Waals surface area contributed by atoms with Crippen molar-refractivity contribution >= 4 is 43.6 Å². The number of benzene rings is 4. The number of alkyl halides is 3. The minimum Gasteiger partial charge on any atom is -0.354 e. The third-order valence-corrected chi connectivity index (χ3v) is 8.54. The van der Waals surface area contributed by atoms with Crippen LogP contribution in [-0.4, -0.2) is 19.9 Å². The summed E-state index contributed by atoms with van der Waals surface area (Å²) in [5.41, 5.74) is 9.18. The molecular formula is C37H21F3N4. The first-order valence-corrected chi connectivity index (χ1v) is 14.2. The van der Waals surface area contributed by atoms with E-state index in [4.69, 9.17) is 9.97 Å². The Morgan fingerprint density at radius 3 is 1.18 bits per heavy atom. The summed E-state index contributed by atoms with van der Waals surface area (Å²) >= 11 is 0. The summed E-state index contributed by atoms with van der Waals surface area (Å²) in [6, 6.07) is 35.9. The highest BCUT2D eigenvalue weighted by Crippen LogP contribution is 2.41. The number of aromatic amines is 2. The van der Waals surface area contributed by atoms with Crippen molar-refractivity contribution < 1.29 is 13.2 Å². The third-order valence-electron chi connectivity index (χ3n) is 8.54. The van der Waals surface area contributed by atoms with Crippen LogP contribution >= 0.6 is 0 Å². The smallest absolute Gasteiger partial charge is 0.354 e. The first-order chi connectivity index (χ1) is 21.4. The van der Waals surface area contributed by atoms with Gasteiger partial charge in [0.15, 0.2) is 0 Å². The van der Waals surface area contributed by atoms with Crippen LogP contribution in [0.15, 0.2) is 115 Å². The molecule has 4 aromatic carbocycles. The van der Waals surface area contributed by atoms with Crippen molar-refractivity contribution in [1.29, 1.82) is 0 Å². The summed E-state index contributed by atoms with van der Waals surface area (Å²) in [6.07, 6.45) is -4.47. The van der Waals surface area contributed by atoms with Crippen molar-refractivity contribution in [1.82, 2.24) is 19.9 Å². The molecule has 44 heavy (non-hydrogen) atoms. The summed E-state index contributed by atoms with van der Waals surface area (Å²) in [5.74, 6) is 0. The predicted octanol–water partition coefficient (Wildman–Crippen LogP) is 10.3. The van der Waals surface area contributed by atoms with Crippen molar-refractivity contribution in [3.63, 3.8) is 0 Å².